The van der Waals surface area contributed by atoms with Crippen molar-refractivity contribution in [2.24, 2.45) is 40.4 Å². The van der Waals surface area contributed by atoms with Gasteiger partial charge < -0.3 is 15.0 Å². The Balaban J connectivity index is 1.91. The summed E-state index contributed by atoms with van der Waals surface area (Å²) in [5.41, 5.74) is -0.416. The number of carboxylic acid groups (broad SMARTS) is 2. The Morgan fingerprint density at radius 2 is 1.72 bits per heavy atom. The molecule has 0 amide bonds. The van der Waals surface area contributed by atoms with E-state index < -0.39 is 17.4 Å². The van der Waals surface area contributed by atoms with Crippen LogP contribution in [0.25, 0.3) is 0 Å². The lowest BCUT2D eigenvalue weighted by Crippen LogP contribution is -2.53. The number of aldehydes is 1. The Morgan fingerprint density at radius 1 is 1.00 bits per heavy atom. The molecule has 3 rings (SSSR count). The van der Waals surface area contributed by atoms with Crippen molar-refractivity contribution in [1.82, 2.24) is 0 Å². The van der Waals surface area contributed by atoms with Gasteiger partial charge in [-0.05, 0) is 73.0 Å². The summed E-state index contributed by atoms with van der Waals surface area (Å²) in [6, 6.07) is 0. The molecule has 3 aliphatic carbocycles. The molecule has 0 saturated heterocycles. The van der Waals surface area contributed by atoms with E-state index in [-0.39, 0.29) is 36.0 Å². The summed E-state index contributed by atoms with van der Waals surface area (Å²) in [6.45, 7) is 4.26. The molecule has 7 atom stereocenters. The number of carbonyl (C=O) groups is 3. The first kappa shape index (κ1) is 18.4. The molecule has 3 aliphatic rings. The van der Waals surface area contributed by atoms with E-state index in [1.807, 2.05) is 6.92 Å². The number of hydrogen-bond acceptors (Lipinski definition) is 3. The van der Waals surface area contributed by atoms with E-state index in [2.05, 4.69) is 6.92 Å². The van der Waals surface area contributed by atoms with Crippen LogP contribution in [0.1, 0.15) is 65.2 Å². The molecule has 0 aromatic rings. The first-order valence-electron chi connectivity index (χ1n) is 9.61. The minimum Gasteiger partial charge on any atom is -0.481 e. The summed E-state index contributed by atoms with van der Waals surface area (Å²) in [4.78, 5) is 34.4. The Hall–Kier alpha value is -1.39. The molecule has 0 aliphatic heterocycles. The fourth-order valence-corrected chi connectivity index (χ4v) is 6.95. The van der Waals surface area contributed by atoms with Crippen LogP contribution >= 0.6 is 0 Å². The molecular weight excluding hydrogens is 320 g/mol. The van der Waals surface area contributed by atoms with Gasteiger partial charge in [-0.1, -0.05) is 13.8 Å². The van der Waals surface area contributed by atoms with E-state index in [0.29, 0.717) is 11.8 Å². The number of carbonyl (C=O) groups excluding carboxylic acids is 1. The second kappa shape index (κ2) is 6.40. The molecule has 0 heterocycles. The summed E-state index contributed by atoms with van der Waals surface area (Å²) in [6.07, 6.45) is 6.87. The topological polar surface area (TPSA) is 91.7 Å². The molecule has 0 bridgehead atoms. The molecule has 4 unspecified atom stereocenters. The van der Waals surface area contributed by atoms with Gasteiger partial charge in [0.15, 0.2) is 0 Å². The first-order chi connectivity index (χ1) is 11.7. The Bertz CT molecular complexity index is 572. The first-order valence-corrected chi connectivity index (χ1v) is 9.61. The highest BCUT2D eigenvalue weighted by Gasteiger charge is 2.59. The average molecular weight is 350 g/mol. The number of aliphatic carboxylic acids is 2. The minimum absolute atomic E-state index is 0.0483. The van der Waals surface area contributed by atoms with E-state index in [1.54, 1.807) is 0 Å². The SMILES string of the molecule is C[C@]1(CC(=O)O)C(CC(=O)O)CCC2C1CC[C@@]1(C)C2CC[C@@H]1C=O. The van der Waals surface area contributed by atoms with Gasteiger partial charge in [0, 0.05) is 12.3 Å². The van der Waals surface area contributed by atoms with Crippen molar-refractivity contribution in [2.45, 2.75) is 65.2 Å². The second-order valence-electron chi connectivity index (χ2n) is 9.19. The normalized spacial score (nSPS) is 46.1. The monoisotopic (exact) mass is 350 g/mol. The maximum absolute atomic E-state index is 11.6. The van der Waals surface area contributed by atoms with E-state index in [4.69, 9.17) is 0 Å². The average Bonchev–Trinajstić information content (AvgIpc) is 2.85. The van der Waals surface area contributed by atoms with Crippen LogP contribution in [-0.4, -0.2) is 28.4 Å². The molecular formula is C20H30O5. The highest BCUT2D eigenvalue weighted by Crippen LogP contribution is 2.66. The summed E-state index contributed by atoms with van der Waals surface area (Å²) < 4.78 is 0. The molecule has 0 aromatic heterocycles. The number of carboxylic acids is 2. The van der Waals surface area contributed by atoms with Crippen molar-refractivity contribution < 1.29 is 24.6 Å². The summed E-state index contributed by atoms with van der Waals surface area (Å²) in [7, 11) is 0. The van der Waals surface area contributed by atoms with Crippen molar-refractivity contribution in [3.05, 3.63) is 0 Å². The van der Waals surface area contributed by atoms with Gasteiger partial charge in [-0.25, -0.2) is 0 Å². The fraction of sp³-hybridized carbons (Fsp3) is 0.850. The van der Waals surface area contributed by atoms with Crippen molar-refractivity contribution in [3.63, 3.8) is 0 Å². The molecule has 0 radical (unpaired) electrons. The number of hydrogen-bond donors (Lipinski definition) is 2. The van der Waals surface area contributed by atoms with Crippen molar-refractivity contribution in [1.29, 1.82) is 0 Å². The fourth-order valence-electron chi connectivity index (χ4n) is 6.95. The zero-order chi connectivity index (χ0) is 18.4. The summed E-state index contributed by atoms with van der Waals surface area (Å²) >= 11 is 0. The van der Waals surface area contributed by atoms with Gasteiger partial charge in [-0.2, -0.15) is 0 Å². The highest BCUT2D eigenvalue weighted by molar-refractivity contribution is 5.69. The van der Waals surface area contributed by atoms with Gasteiger partial charge in [0.2, 0.25) is 0 Å². The zero-order valence-electron chi connectivity index (χ0n) is 15.2. The molecule has 5 nitrogen and oxygen atoms in total. The molecule has 140 valence electrons. The summed E-state index contributed by atoms with van der Waals surface area (Å²) in [5, 5.41) is 18.8. The van der Waals surface area contributed by atoms with E-state index in [0.717, 1.165) is 44.8 Å². The van der Waals surface area contributed by atoms with Crippen molar-refractivity contribution in [2.75, 3.05) is 0 Å². The maximum atomic E-state index is 11.6. The number of fused-ring (bicyclic) bond motifs is 3. The van der Waals surface area contributed by atoms with Gasteiger partial charge in [0.05, 0.1) is 6.42 Å². The second-order valence-corrected chi connectivity index (χ2v) is 9.19. The largest absolute Gasteiger partial charge is 0.481 e. The van der Waals surface area contributed by atoms with Gasteiger partial charge in [0.25, 0.3) is 0 Å². The maximum Gasteiger partial charge on any atom is 0.303 e. The summed E-state index contributed by atoms with van der Waals surface area (Å²) in [5.74, 6) is -0.453. The van der Waals surface area contributed by atoms with E-state index in [9.17, 15) is 24.6 Å². The quantitative estimate of drug-likeness (QED) is 0.739. The van der Waals surface area contributed by atoms with Crippen LogP contribution in [-0.2, 0) is 14.4 Å². The van der Waals surface area contributed by atoms with Crippen LogP contribution in [0.15, 0.2) is 0 Å². The van der Waals surface area contributed by atoms with Gasteiger partial charge in [-0.15, -0.1) is 0 Å². The predicted molar refractivity (Wildman–Crippen MR) is 91.9 cm³/mol. The predicted octanol–water partition coefficient (Wildman–Crippen LogP) is 3.61. The van der Waals surface area contributed by atoms with Gasteiger partial charge >= 0.3 is 11.9 Å². The van der Waals surface area contributed by atoms with Crippen LogP contribution in [0.5, 0.6) is 0 Å². The zero-order valence-corrected chi connectivity index (χ0v) is 15.2. The molecule has 5 heteroatoms. The van der Waals surface area contributed by atoms with Crippen LogP contribution in [0.2, 0.25) is 0 Å². The van der Waals surface area contributed by atoms with Crippen LogP contribution in [0.3, 0.4) is 0 Å². The van der Waals surface area contributed by atoms with Crippen LogP contribution in [0, 0.1) is 40.4 Å². The lowest BCUT2D eigenvalue weighted by molar-refractivity contribution is -0.155. The third-order valence-electron chi connectivity index (χ3n) is 8.26. The Kier molecular flexibility index (Phi) is 4.71. The Labute approximate surface area is 149 Å². The van der Waals surface area contributed by atoms with E-state index in [1.165, 1.54) is 0 Å². The van der Waals surface area contributed by atoms with Crippen molar-refractivity contribution in [3.8, 4) is 0 Å². The van der Waals surface area contributed by atoms with E-state index >= 15 is 0 Å². The third kappa shape index (κ3) is 2.89. The third-order valence-corrected chi connectivity index (χ3v) is 8.26. The highest BCUT2D eigenvalue weighted by atomic mass is 16.4. The lowest BCUT2D eigenvalue weighted by Gasteiger charge is -2.58. The standard InChI is InChI=1S/C20H30O5/c1-19-8-7-16-14(15(19)6-4-13(19)11-21)5-3-12(9-17(22)23)20(16,2)10-18(24)25/h11-16H,3-10H2,1-2H3,(H,22,23)(H,24,25)/t12?,13-,14?,15?,16?,19-,20+/m1/s1. The molecule has 2 N–H and O–H groups in total. The molecule has 3 saturated carbocycles. The van der Waals surface area contributed by atoms with Crippen molar-refractivity contribution >= 4 is 18.2 Å². The lowest BCUT2D eigenvalue weighted by atomic mass is 9.46. The Morgan fingerprint density at radius 3 is 2.32 bits per heavy atom. The smallest absolute Gasteiger partial charge is 0.303 e. The minimum atomic E-state index is -0.831. The van der Waals surface area contributed by atoms with Gasteiger partial charge in [0.1, 0.15) is 6.29 Å². The molecule has 3 fully saturated rings. The molecule has 0 aromatic carbocycles. The number of rotatable bonds is 5. The van der Waals surface area contributed by atoms with Crippen LogP contribution in [0.4, 0.5) is 0 Å². The molecule has 25 heavy (non-hydrogen) atoms. The molecule has 0 spiro atoms. The van der Waals surface area contributed by atoms with Crippen LogP contribution < -0.4 is 0 Å². The van der Waals surface area contributed by atoms with Gasteiger partial charge in [-0.3, -0.25) is 9.59 Å².